The third-order valence-corrected chi connectivity index (χ3v) is 4.47. The van der Waals surface area contributed by atoms with E-state index in [4.69, 9.17) is 0 Å². The van der Waals surface area contributed by atoms with Gasteiger partial charge in [-0.25, -0.2) is 0 Å². The number of azo groups is 1. The number of non-ortho nitro benzene ring substituents is 1. The van der Waals surface area contributed by atoms with E-state index in [1.54, 1.807) is 16.7 Å². The lowest BCUT2D eigenvalue weighted by atomic mass is 10.1. The van der Waals surface area contributed by atoms with E-state index >= 15 is 0 Å². The molecule has 1 aromatic heterocycles. The number of nitrogens with zero attached hydrogens (tertiary/aromatic N) is 5. The molecule has 0 saturated heterocycles. The Morgan fingerprint density at radius 1 is 1.07 bits per heavy atom. The average Bonchev–Trinajstić information content (AvgIpc) is 2.95. The van der Waals surface area contributed by atoms with E-state index in [1.807, 2.05) is 12.1 Å². The van der Waals surface area contributed by atoms with E-state index in [-0.39, 0.29) is 17.3 Å². The standard InChI is InChI=1S/C19H19N5O5/c1-12(2)9-10-22-16-6-4-3-5-14(16)18(19(22)25)21-20-15-8-7-13(23(26)27)11-17(15)24(28)29/h3-8,11-12,25H,9-10H2,1-2H3. The molecule has 0 aliphatic heterocycles. The van der Waals surface area contributed by atoms with E-state index in [9.17, 15) is 25.3 Å². The fourth-order valence-electron chi connectivity index (χ4n) is 2.94. The minimum atomic E-state index is -0.757. The summed E-state index contributed by atoms with van der Waals surface area (Å²) < 4.78 is 1.73. The number of hydrogen-bond donors (Lipinski definition) is 1. The average molecular weight is 397 g/mol. The van der Waals surface area contributed by atoms with Gasteiger partial charge in [-0.15, -0.1) is 10.2 Å². The maximum atomic E-state index is 11.3. The van der Waals surface area contributed by atoms with Crippen molar-refractivity contribution in [2.24, 2.45) is 16.1 Å². The number of para-hydroxylation sites is 1. The van der Waals surface area contributed by atoms with Crippen LogP contribution >= 0.6 is 0 Å². The molecule has 0 saturated carbocycles. The highest BCUT2D eigenvalue weighted by Gasteiger charge is 2.21. The van der Waals surface area contributed by atoms with Gasteiger partial charge in [0.15, 0.2) is 11.4 Å². The van der Waals surface area contributed by atoms with Crippen LogP contribution in [0.4, 0.5) is 22.7 Å². The van der Waals surface area contributed by atoms with E-state index in [1.165, 1.54) is 0 Å². The van der Waals surface area contributed by atoms with Gasteiger partial charge in [-0.3, -0.25) is 20.2 Å². The first-order chi connectivity index (χ1) is 13.8. The Kier molecular flexibility index (Phi) is 5.53. The number of hydrogen-bond acceptors (Lipinski definition) is 7. The van der Waals surface area contributed by atoms with Gasteiger partial charge in [-0.05, 0) is 24.5 Å². The number of aryl methyl sites for hydroxylation is 1. The van der Waals surface area contributed by atoms with Crippen molar-refractivity contribution in [3.63, 3.8) is 0 Å². The van der Waals surface area contributed by atoms with Crippen molar-refractivity contribution in [2.75, 3.05) is 0 Å². The molecule has 1 N–H and O–H groups in total. The van der Waals surface area contributed by atoms with Gasteiger partial charge in [0.25, 0.3) is 5.69 Å². The summed E-state index contributed by atoms with van der Waals surface area (Å²) in [6.45, 7) is 4.74. The maximum absolute atomic E-state index is 11.3. The Morgan fingerprint density at radius 3 is 2.45 bits per heavy atom. The lowest BCUT2D eigenvalue weighted by Gasteiger charge is -2.08. The van der Waals surface area contributed by atoms with Crippen molar-refractivity contribution in [3.8, 4) is 5.88 Å². The number of nitro groups is 2. The Bertz CT molecular complexity index is 1120. The molecule has 1 heterocycles. The summed E-state index contributed by atoms with van der Waals surface area (Å²) in [5.41, 5.74) is -0.122. The second-order valence-electron chi connectivity index (χ2n) is 6.91. The minimum absolute atomic E-state index is 0.0832. The van der Waals surface area contributed by atoms with Crippen molar-refractivity contribution in [2.45, 2.75) is 26.8 Å². The third-order valence-electron chi connectivity index (χ3n) is 4.47. The number of aromatic hydroxyl groups is 1. The van der Waals surface area contributed by atoms with Crippen LogP contribution in [0.1, 0.15) is 20.3 Å². The van der Waals surface area contributed by atoms with Crippen LogP contribution in [0, 0.1) is 26.1 Å². The molecule has 0 spiro atoms. The molecule has 0 radical (unpaired) electrons. The highest BCUT2D eigenvalue weighted by Crippen LogP contribution is 2.41. The van der Waals surface area contributed by atoms with Gasteiger partial charge in [-0.2, -0.15) is 0 Å². The number of benzene rings is 2. The highest BCUT2D eigenvalue weighted by atomic mass is 16.6. The van der Waals surface area contributed by atoms with Crippen LogP contribution in [0.25, 0.3) is 10.9 Å². The van der Waals surface area contributed by atoms with Crippen LogP contribution in [0.3, 0.4) is 0 Å². The lowest BCUT2D eigenvalue weighted by Crippen LogP contribution is -2.00. The topological polar surface area (TPSA) is 136 Å². The lowest BCUT2D eigenvalue weighted by molar-refractivity contribution is -0.393. The summed E-state index contributed by atoms with van der Waals surface area (Å²) in [7, 11) is 0. The van der Waals surface area contributed by atoms with E-state index in [0.29, 0.717) is 17.8 Å². The molecule has 3 rings (SSSR count). The smallest absolute Gasteiger partial charge is 0.303 e. The molecule has 0 aliphatic rings. The van der Waals surface area contributed by atoms with Crippen LogP contribution in [-0.4, -0.2) is 19.5 Å². The summed E-state index contributed by atoms with van der Waals surface area (Å²) in [5, 5.41) is 41.4. The summed E-state index contributed by atoms with van der Waals surface area (Å²) in [5.74, 6) is 0.351. The first-order valence-electron chi connectivity index (χ1n) is 8.94. The fourth-order valence-corrected chi connectivity index (χ4v) is 2.94. The van der Waals surface area contributed by atoms with E-state index < -0.39 is 21.2 Å². The zero-order valence-electron chi connectivity index (χ0n) is 15.8. The van der Waals surface area contributed by atoms with E-state index in [2.05, 4.69) is 24.1 Å². The molecular formula is C19H19N5O5. The third kappa shape index (κ3) is 4.05. The predicted molar refractivity (Wildman–Crippen MR) is 107 cm³/mol. The van der Waals surface area contributed by atoms with Crippen LogP contribution in [0.5, 0.6) is 5.88 Å². The molecule has 10 nitrogen and oxygen atoms in total. The van der Waals surface area contributed by atoms with Crippen molar-refractivity contribution >= 4 is 33.7 Å². The Morgan fingerprint density at radius 2 is 1.79 bits per heavy atom. The van der Waals surface area contributed by atoms with Crippen LogP contribution in [-0.2, 0) is 6.54 Å². The number of fused-ring (bicyclic) bond motifs is 1. The molecule has 10 heteroatoms. The maximum Gasteiger partial charge on any atom is 0.303 e. The molecule has 3 aromatic rings. The SMILES string of the molecule is CC(C)CCn1c(O)c(N=Nc2ccc([N+](=O)[O-])cc2[N+](=O)[O-])c2ccccc21. The molecule has 150 valence electrons. The van der Waals surface area contributed by atoms with Gasteiger partial charge in [-0.1, -0.05) is 32.0 Å². The monoisotopic (exact) mass is 397 g/mol. The quantitative estimate of drug-likeness (QED) is 0.313. The summed E-state index contributed by atoms with van der Waals surface area (Å²) >= 11 is 0. The minimum Gasteiger partial charge on any atom is -0.493 e. The van der Waals surface area contributed by atoms with Gasteiger partial charge in [0.2, 0.25) is 5.88 Å². The zero-order valence-corrected chi connectivity index (χ0v) is 15.8. The first kappa shape index (κ1) is 19.9. The van der Waals surface area contributed by atoms with Crippen molar-refractivity contribution in [3.05, 3.63) is 62.7 Å². The molecule has 2 aromatic carbocycles. The summed E-state index contributed by atoms with van der Waals surface area (Å²) in [6, 6.07) is 10.4. The van der Waals surface area contributed by atoms with Crippen molar-refractivity contribution < 1.29 is 15.0 Å². The van der Waals surface area contributed by atoms with E-state index in [0.717, 1.165) is 30.1 Å². The molecule has 0 fully saturated rings. The predicted octanol–water partition coefficient (Wildman–Crippen LogP) is 5.62. The molecule has 0 unspecified atom stereocenters. The number of rotatable bonds is 7. The molecular weight excluding hydrogens is 378 g/mol. The largest absolute Gasteiger partial charge is 0.493 e. The van der Waals surface area contributed by atoms with Gasteiger partial charge < -0.3 is 9.67 Å². The Labute approximate surface area is 165 Å². The molecule has 0 aliphatic carbocycles. The van der Waals surface area contributed by atoms with Crippen LogP contribution in [0.15, 0.2) is 52.7 Å². The number of nitro benzene ring substituents is 2. The summed E-state index contributed by atoms with van der Waals surface area (Å²) in [4.78, 5) is 20.7. The first-order valence-corrected chi connectivity index (χ1v) is 8.94. The highest BCUT2D eigenvalue weighted by molar-refractivity contribution is 5.95. The summed E-state index contributed by atoms with van der Waals surface area (Å²) in [6.07, 6.45) is 0.844. The molecule has 29 heavy (non-hydrogen) atoms. The van der Waals surface area contributed by atoms with Crippen molar-refractivity contribution in [1.82, 2.24) is 4.57 Å². The molecule has 0 atom stereocenters. The normalized spacial score (nSPS) is 11.6. The Balaban J connectivity index is 2.07. The molecule has 0 bridgehead atoms. The van der Waals surface area contributed by atoms with Gasteiger partial charge in [0, 0.05) is 18.0 Å². The number of aromatic nitrogens is 1. The Hall–Kier alpha value is -3.82. The van der Waals surface area contributed by atoms with Crippen LogP contribution in [0.2, 0.25) is 0 Å². The van der Waals surface area contributed by atoms with Gasteiger partial charge in [0.1, 0.15) is 0 Å². The fraction of sp³-hybridized carbons (Fsp3) is 0.263. The zero-order chi connectivity index (χ0) is 21.1. The second-order valence-corrected chi connectivity index (χ2v) is 6.91. The second kappa shape index (κ2) is 8.05. The van der Waals surface area contributed by atoms with Gasteiger partial charge in [0.05, 0.1) is 21.4 Å². The van der Waals surface area contributed by atoms with Crippen LogP contribution < -0.4 is 0 Å². The van der Waals surface area contributed by atoms with Crippen molar-refractivity contribution in [1.29, 1.82) is 0 Å². The van der Waals surface area contributed by atoms with Gasteiger partial charge >= 0.3 is 5.69 Å². The molecule has 0 amide bonds.